The van der Waals surface area contributed by atoms with Crippen LogP contribution >= 0.6 is 0 Å². The Hall–Kier alpha value is -0.700. The van der Waals surface area contributed by atoms with Gasteiger partial charge in [0.1, 0.15) is 5.60 Å². The maximum Gasteiger partial charge on any atom is 0.450 e. The second kappa shape index (κ2) is 5.68. The zero-order valence-corrected chi connectivity index (χ0v) is 13.0. The summed E-state index contributed by atoms with van der Waals surface area (Å²) in [6, 6.07) is 0. The van der Waals surface area contributed by atoms with Crippen LogP contribution in [0.1, 0.15) is 39.0 Å². The minimum Gasteiger partial charge on any atom is -0.344 e. The van der Waals surface area contributed by atoms with Crippen LogP contribution < -0.4 is 5.73 Å². The number of alkyl halides is 3. The van der Waals surface area contributed by atoms with Crippen LogP contribution in [0.4, 0.5) is 13.2 Å². The molecule has 1 aliphatic carbocycles. The van der Waals surface area contributed by atoms with Gasteiger partial charge in [-0.25, -0.2) is 9.78 Å². The maximum absolute atomic E-state index is 12.9. The molecule has 3 saturated heterocycles. The molecule has 132 valence electrons. The standard InChI is InChI=1S/C15H22F3NO4/c1-13-6-5-9-3-2-4-11(14(9,8-21-13)23-22-13)10(7-19)12(20)15(16,17)18/h9-11H,2-8,19H2,1H3. The van der Waals surface area contributed by atoms with Gasteiger partial charge in [-0.3, -0.25) is 4.79 Å². The van der Waals surface area contributed by atoms with Crippen LogP contribution in [0, 0.1) is 17.8 Å². The third-order valence-corrected chi connectivity index (χ3v) is 5.67. The van der Waals surface area contributed by atoms with E-state index in [2.05, 4.69) is 0 Å². The molecule has 2 bridgehead atoms. The Morgan fingerprint density at radius 1 is 1.30 bits per heavy atom. The lowest BCUT2D eigenvalue weighted by Crippen LogP contribution is -2.61. The van der Waals surface area contributed by atoms with Crippen molar-refractivity contribution in [2.75, 3.05) is 13.2 Å². The van der Waals surface area contributed by atoms with Crippen molar-refractivity contribution in [1.82, 2.24) is 0 Å². The van der Waals surface area contributed by atoms with Gasteiger partial charge in [0, 0.05) is 24.8 Å². The summed E-state index contributed by atoms with van der Waals surface area (Å²) in [5.74, 6) is -4.60. The van der Waals surface area contributed by atoms with E-state index in [4.69, 9.17) is 20.2 Å². The van der Waals surface area contributed by atoms with Gasteiger partial charge in [-0.05, 0) is 32.1 Å². The highest BCUT2D eigenvalue weighted by Crippen LogP contribution is 2.53. The van der Waals surface area contributed by atoms with Gasteiger partial charge < -0.3 is 10.5 Å². The third-order valence-electron chi connectivity index (χ3n) is 5.67. The van der Waals surface area contributed by atoms with Crippen molar-refractivity contribution >= 4 is 5.78 Å². The van der Waals surface area contributed by atoms with Gasteiger partial charge in [-0.1, -0.05) is 6.42 Å². The Kier molecular flexibility index (Phi) is 4.23. The molecule has 8 heteroatoms. The van der Waals surface area contributed by atoms with Crippen LogP contribution in [0.25, 0.3) is 0 Å². The summed E-state index contributed by atoms with van der Waals surface area (Å²) in [5, 5.41) is 0. The molecule has 5 nitrogen and oxygen atoms in total. The summed E-state index contributed by atoms with van der Waals surface area (Å²) in [6.07, 6.45) is -1.51. The van der Waals surface area contributed by atoms with E-state index in [1.165, 1.54) is 0 Å². The van der Waals surface area contributed by atoms with Crippen molar-refractivity contribution in [2.24, 2.45) is 23.5 Å². The molecule has 1 saturated carbocycles. The third kappa shape index (κ3) is 2.79. The summed E-state index contributed by atoms with van der Waals surface area (Å²) < 4.78 is 44.6. The van der Waals surface area contributed by atoms with Crippen LogP contribution in [0.3, 0.4) is 0 Å². The van der Waals surface area contributed by atoms with E-state index in [9.17, 15) is 18.0 Å². The summed E-state index contributed by atoms with van der Waals surface area (Å²) in [4.78, 5) is 22.9. The Balaban J connectivity index is 1.93. The van der Waals surface area contributed by atoms with E-state index in [1.54, 1.807) is 6.92 Å². The molecule has 5 unspecified atom stereocenters. The molecule has 0 amide bonds. The number of carbonyl (C=O) groups is 1. The van der Waals surface area contributed by atoms with E-state index in [0.717, 1.165) is 19.3 Å². The van der Waals surface area contributed by atoms with Gasteiger partial charge in [0.25, 0.3) is 0 Å². The van der Waals surface area contributed by atoms with Crippen LogP contribution in [0.2, 0.25) is 0 Å². The van der Waals surface area contributed by atoms with Crippen molar-refractivity contribution in [1.29, 1.82) is 0 Å². The molecule has 3 heterocycles. The van der Waals surface area contributed by atoms with E-state index >= 15 is 0 Å². The van der Waals surface area contributed by atoms with Crippen molar-refractivity contribution in [3.05, 3.63) is 0 Å². The number of rotatable bonds is 3. The van der Waals surface area contributed by atoms with E-state index in [1.807, 2.05) is 0 Å². The fourth-order valence-electron chi connectivity index (χ4n) is 4.35. The first-order valence-electron chi connectivity index (χ1n) is 8.04. The molecule has 3 aliphatic heterocycles. The van der Waals surface area contributed by atoms with Crippen LogP contribution in [0.5, 0.6) is 0 Å². The lowest BCUT2D eigenvalue weighted by atomic mass is 9.62. The molecule has 4 aliphatic rings. The number of ether oxygens (including phenoxy) is 1. The zero-order chi connectivity index (χ0) is 16.9. The van der Waals surface area contributed by atoms with Crippen molar-refractivity contribution < 1.29 is 32.5 Å². The molecule has 0 aromatic carbocycles. The largest absolute Gasteiger partial charge is 0.450 e. The predicted octanol–water partition coefficient (Wildman–Crippen LogP) is 2.34. The van der Waals surface area contributed by atoms with Gasteiger partial charge in [-0.2, -0.15) is 13.2 Å². The topological polar surface area (TPSA) is 70.8 Å². The van der Waals surface area contributed by atoms with Crippen molar-refractivity contribution in [3.63, 3.8) is 0 Å². The quantitative estimate of drug-likeness (QED) is 0.801. The van der Waals surface area contributed by atoms with Gasteiger partial charge >= 0.3 is 6.18 Å². The van der Waals surface area contributed by atoms with Crippen molar-refractivity contribution in [3.8, 4) is 0 Å². The molecule has 1 spiro atoms. The van der Waals surface area contributed by atoms with Crippen LogP contribution in [-0.2, 0) is 19.3 Å². The smallest absolute Gasteiger partial charge is 0.344 e. The van der Waals surface area contributed by atoms with Crippen molar-refractivity contribution in [2.45, 2.75) is 56.6 Å². The molecule has 0 aromatic heterocycles. The van der Waals surface area contributed by atoms with Gasteiger partial charge in [-0.15, -0.1) is 0 Å². The number of nitrogens with two attached hydrogens (primary N) is 1. The minimum atomic E-state index is -4.90. The Labute approximate surface area is 132 Å². The summed E-state index contributed by atoms with van der Waals surface area (Å²) in [5.41, 5.74) is 4.54. The Bertz CT molecular complexity index is 474. The number of hydrogen-bond acceptors (Lipinski definition) is 5. The molecular formula is C15H22F3NO4. The minimum absolute atomic E-state index is 0.0145. The fourth-order valence-corrected chi connectivity index (χ4v) is 4.35. The van der Waals surface area contributed by atoms with E-state index < -0.39 is 35.2 Å². The SMILES string of the molecule is CC12CCC3CCCC(C(CN)C(=O)C(F)(F)F)C3(CO1)OO2. The van der Waals surface area contributed by atoms with E-state index in [0.29, 0.717) is 12.8 Å². The highest BCUT2D eigenvalue weighted by molar-refractivity contribution is 5.87. The first-order chi connectivity index (χ1) is 10.7. The van der Waals surface area contributed by atoms with Gasteiger partial charge in [0.2, 0.25) is 5.78 Å². The first kappa shape index (κ1) is 17.1. The number of halogens is 3. The molecule has 4 fully saturated rings. The van der Waals surface area contributed by atoms with Crippen LogP contribution in [0.15, 0.2) is 0 Å². The average molecular weight is 337 g/mol. The van der Waals surface area contributed by atoms with Gasteiger partial charge in [0.05, 0.1) is 6.61 Å². The monoisotopic (exact) mass is 337 g/mol. The van der Waals surface area contributed by atoms with Gasteiger partial charge in [0.15, 0.2) is 5.79 Å². The molecule has 23 heavy (non-hydrogen) atoms. The second-order valence-electron chi connectivity index (χ2n) is 7.02. The normalized spacial score (nSPS) is 42.0. The molecule has 0 aromatic rings. The van der Waals surface area contributed by atoms with Crippen LogP contribution in [-0.4, -0.2) is 36.5 Å². The second-order valence-corrected chi connectivity index (χ2v) is 7.02. The maximum atomic E-state index is 12.9. The molecule has 2 N–H and O–H groups in total. The summed E-state index contributed by atoms with van der Waals surface area (Å²) in [6.45, 7) is 1.53. The molecule has 4 rings (SSSR count). The Morgan fingerprint density at radius 2 is 2.04 bits per heavy atom. The Morgan fingerprint density at radius 3 is 2.61 bits per heavy atom. The highest BCUT2D eigenvalue weighted by atomic mass is 19.4. The summed E-state index contributed by atoms with van der Waals surface area (Å²) in [7, 11) is 0. The highest BCUT2D eigenvalue weighted by Gasteiger charge is 2.61. The average Bonchev–Trinajstić information content (AvgIpc) is 2.74. The lowest BCUT2D eigenvalue weighted by Gasteiger charge is -2.51. The lowest BCUT2D eigenvalue weighted by molar-refractivity contribution is -0.515. The summed E-state index contributed by atoms with van der Waals surface area (Å²) >= 11 is 0. The molecule has 5 atom stereocenters. The number of carbonyl (C=O) groups excluding carboxylic acids is 1. The first-order valence-corrected chi connectivity index (χ1v) is 8.04. The number of fused-ring (bicyclic) bond motifs is 3. The van der Waals surface area contributed by atoms with E-state index in [-0.39, 0.29) is 19.1 Å². The molecular weight excluding hydrogens is 315 g/mol. The number of Topliss-reactive ketones (excluding diaryl/α,β-unsaturated/α-hetero) is 1. The number of ketones is 1. The molecule has 0 radical (unpaired) electrons. The number of hydrogen-bond donors (Lipinski definition) is 1. The predicted molar refractivity (Wildman–Crippen MR) is 72.9 cm³/mol. The fraction of sp³-hybridized carbons (Fsp3) is 0.933. The zero-order valence-electron chi connectivity index (χ0n) is 13.0.